The fourth-order valence-corrected chi connectivity index (χ4v) is 2.27. The van der Waals surface area contributed by atoms with E-state index in [0.29, 0.717) is 19.5 Å². The minimum atomic E-state index is -0.202. The predicted molar refractivity (Wildman–Crippen MR) is 143 cm³/mol. The number of aldehydes is 1. The van der Waals surface area contributed by atoms with Gasteiger partial charge in [0.15, 0.2) is 11.9 Å². The molecule has 2 aliphatic rings. The maximum absolute atomic E-state index is 11.2. The van der Waals surface area contributed by atoms with Gasteiger partial charge in [-0.05, 0) is 48.6 Å². The predicted octanol–water partition coefficient (Wildman–Crippen LogP) is 4.61. The van der Waals surface area contributed by atoms with Crippen molar-refractivity contribution in [3.8, 4) is 11.5 Å². The molecule has 8 heteroatoms. The number of hydrogen-bond acceptors (Lipinski definition) is 8. The van der Waals surface area contributed by atoms with Crippen LogP contribution in [0.2, 0.25) is 0 Å². The number of allylic oxidation sites excluding steroid dienone is 7. The van der Waals surface area contributed by atoms with E-state index in [1.165, 1.54) is 18.4 Å². The zero-order valence-electron chi connectivity index (χ0n) is 20.7. The van der Waals surface area contributed by atoms with Gasteiger partial charge in [-0.15, -0.1) is 0 Å². The van der Waals surface area contributed by atoms with E-state index in [1.54, 1.807) is 42.7 Å². The Morgan fingerprint density at radius 3 is 1.55 bits per heavy atom. The van der Waals surface area contributed by atoms with Gasteiger partial charge in [0.2, 0.25) is 0 Å². The summed E-state index contributed by atoms with van der Waals surface area (Å²) < 4.78 is 20.0. The quantitative estimate of drug-likeness (QED) is 0.106. The molecule has 0 bridgehead atoms. The number of epoxide rings is 2. The summed E-state index contributed by atoms with van der Waals surface area (Å²) in [5.41, 5.74) is 0. The highest BCUT2D eigenvalue weighted by atomic mass is 16.6. The van der Waals surface area contributed by atoms with Crippen LogP contribution in [0.15, 0.2) is 122 Å². The average Bonchev–Trinajstić information content (AvgIpc) is 3.83. The molecule has 198 valence electrons. The Labute approximate surface area is 222 Å². The number of benzene rings is 2. The number of carbonyl (C=O) groups is 3. The van der Waals surface area contributed by atoms with Crippen molar-refractivity contribution in [1.82, 2.24) is 0 Å². The first-order valence-electron chi connectivity index (χ1n) is 11.4. The second kappa shape index (κ2) is 19.7. The molecule has 0 spiro atoms. The number of Topliss-reactive ketones (excluding diaryl/α,β-unsaturated/α-hetero) is 1. The summed E-state index contributed by atoms with van der Waals surface area (Å²) in [6.45, 7) is 4.28. The van der Waals surface area contributed by atoms with Crippen LogP contribution in [0.3, 0.4) is 0 Å². The minimum Gasteiger partial charge on any atom is -0.870 e. The molecule has 2 unspecified atom stereocenters. The Hall–Kier alpha value is -4.50. The van der Waals surface area contributed by atoms with Gasteiger partial charge in [0.1, 0.15) is 30.8 Å². The van der Waals surface area contributed by atoms with Crippen molar-refractivity contribution in [2.45, 2.75) is 12.2 Å². The van der Waals surface area contributed by atoms with Gasteiger partial charge in [-0.3, -0.25) is 9.59 Å². The van der Waals surface area contributed by atoms with E-state index in [0.717, 1.165) is 11.5 Å². The van der Waals surface area contributed by atoms with Crippen LogP contribution in [0.25, 0.3) is 0 Å². The van der Waals surface area contributed by atoms with Crippen molar-refractivity contribution in [1.29, 1.82) is 0 Å². The lowest BCUT2D eigenvalue weighted by Crippen LogP contribution is -2.00. The van der Waals surface area contributed by atoms with Crippen molar-refractivity contribution in [3.63, 3.8) is 0 Å². The summed E-state index contributed by atoms with van der Waals surface area (Å²) in [4.78, 5) is 31.0. The molecule has 38 heavy (non-hydrogen) atoms. The Kier molecular flexibility index (Phi) is 16.3. The highest BCUT2D eigenvalue weighted by molar-refractivity contribution is 5.95. The summed E-state index contributed by atoms with van der Waals surface area (Å²) in [5, 5.41) is 0. The van der Waals surface area contributed by atoms with E-state index in [9.17, 15) is 14.4 Å². The van der Waals surface area contributed by atoms with Gasteiger partial charge in [-0.2, -0.15) is 0 Å². The molecule has 2 heterocycles. The molecule has 4 rings (SSSR count). The Balaban J connectivity index is 0.000000315. The van der Waals surface area contributed by atoms with Crippen molar-refractivity contribution in [2.24, 2.45) is 0 Å². The molecule has 2 saturated heterocycles. The summed E-state index contributed by atoms with van der Waals surface area (Å²) in [5.74, 6) is 1.48. The normalized spacial score (nSPS) is 17.3. The maximum Gasteiger partial charge on any atom is 0.334 e. The van der Waals surface area contributed by atoms with E-state index in [-0.39, 0.29) is 29.3 Å². The topological polar surface area (TPSA) is 125 Å². The molecule has 2 fully saturated rings. The number of hydrogen-bond donors (Lipinski definition) is 0. The van der Waals surface area contributed by atoms with E-state index in [2.05, 4.69) is 11.7 Å². The van der Waals surface area contributed by atoms with Crippen molar-refractivity contribution in [2.75, 3.05) is 13.2 Å². The third kappa shape index (κ3) is 16.2. The van der Waals surface area contributed by atoms with E-state index >= 15 is 0 Å². The average molecular weight is 519 g/mol. The van der Waals surface area contributed by atoms with Gasteiger partial charge in [-0.1, -0.05) is 60.7 Å². The molecule has 0 amide bonds. The molecule has 0 radical (unpaired) electrons. The minimum absolute atomic E-state index is 0. The van der Waals surface area contributed by atoms with Gasteiger partial charge >= 0.3 is 5.78 Å². The number of ether oxygens (including phenoxy) is 4. The van der Waals surface area contributed by atoms with Crippen LogP contribution in [0.1, 0.15) is 0 Å². The van der Waals surface area contributed by atoms with Crippen LogP contribution in [-0.4, -0.2) is 48.8 Å². The highest BCUT2D eigenvalue weighted by Crippen LogP contribution is 2.11. The fourth-order valence-electron chi connectivity index (χ4n) is 2.27. The van der Waals surface area contributed by atoms with Crippen LogP contribution >= 0.6 is 0 Å². The van der Waals surface area contributed by atoms with Gasteiger partial charge < -0.3 is 24.4 Å². The summed E-state index contributed by atoms with van der Waals surface area (Å²) in [7, 11) is 0. The lowest BCUT2D eigenvalue weighted by atomic mass is 10.3. The van der Waals surface area contributed by atoms with Crippen LogP contribution in [0, 0.1) is 6.92 Å². The standard InChI is InChI=1S/C15H14O3.C11H10O2.C4H5O2.H2O/c16-14(15-12-18-15)10-6-1-2-7-11-17-13-8-4-3-5-9-13;12-9-5-2-6-10-13-11-7-3-1-4-8-11;1-3(5)4-2-6-4;/h1-11,15H,12H2;1-10H;4H,1-2H2;1H2/q;;+1;/p-1/b2-1+,10-6+,11-7+;5-2+,10-6+;;. The Bertz CT molecular complexity index is 1090. The zero-order chi connectivity index (χ0) is 26.6. The molecule has 8 nitrogen and oxygen atoms in total. The Morgan fingerprint density at radius 2 is 1.16 bits per heavy atom. The smallest absolute Gasteiger partial charge is 0.334 e. The van der Waals surface area contributed by atoms with E-state index < -0.39 is 0 Å². The molecule has 2 aromatic carbocycles. The molecule has 2 atom stereocenters. The maximum atomic E-state index is 11.2. The molecule has 2 aliphatic heterocycles. The first kappa shape index (κ1) is 31.5. The lowest BCUT2D eigenvalue weighted by molar-refractivity contribution is -0.116. The molecule has 0 aromatic heterocycles. The molecule has 0 aliphatic carbocycles. The zero-order valence-corrected chi connectivity index (χ0v) is 20.7. The third-order valence-corrected chi connectivity index (χ3v) is 4.29. The first-order valence-corrected chi connectivity index (χ1v) is 11.4. The first-order chi connectivity index (χ1) is 18.1. The van der Waals surface area contributed by atoms with E-state index in [4.69, 9.17) is 14.2 Å². The highest BCUT2D eigenvalue weighted by Gasteiger charge is 2.32. The van der Waals surface area contributed by atoms with Gasteiger partial charge in [0, 0.05) is 0 Å². The fraction of sp³-hybridized carbons (Fsp3) is 0.133. The monoisotopic (exact) mass is 518 g/mol. The third-order valence-electron chi connectivity index (χ3n) is 4.29. The molecular weight excluding hydrogens is 488 g/mol. The number of ketones is 2. The number of rotatable bonds is 11. The Morgan fingerprint density at radius 1 is 0.711 bits per heavy atom. The molecule has 1 N–H and O–H groups in total. The molecule has 0 saturated carbocycles. The van der Waals surface area contributed by atoms with Gasteiger partial charge in [0.05, 0.1) is 25.7 Å². The lowest BCUT2D eigenvalue weighted by Gasteiger charge is -1.96. The van der Waals surface area contributed by atoms with Crippen LogP contribution in [0.5, 0.6) is 11.5 Å². The van der Waals surface area contributed by atoms with Crippen LogP contribution in [0.4, 0.5) is 0 Å². The molecule has 2 aromatic rings. The second-order valence-electron chi connectivity index (χ2n) is 7.30. The van der Waals surface area contributed by atoms with Crippen molar-refractivity contribution in [3.05, 3.63) is 129 Å². The van der Waals surface area contributed by atoms with Crippen molar-refractivity contribution >= 4 is 17.9 Å². The summed E-state index contributed by atoms with van der Waals surface area (Å²) >= 11 is 0. The van der Waals surface area contributed by atoms with E-state index in [1.807, 2.05) is 60.7 Å². The SMILES string of the molecule is O=C(/C=C/C=C/C=C/Oc1ccccc1)C1CO1.O=C/C=C/C=C/Oc1ccccc1.[CH2+]C(=O)C1CO1.[OH-]. The molecular formula is C30H30O8. The second-order valence-corrected chi connectivity index (χ2v) is 7.30. The summed E-state index contributed by atoms with van der Waals surface area (Å²) in [6.07, 6.45) is 16.7. The van der Waals surface area contributed by atoms with Gasteiger partial charge in [-0.25, -0.2) is 4.79 Å². The van der Waals surface area contributed by atoms with Crippen LogP contribution < -0.4 is 9.47 Å². The largest absolute Gasteiger partial charge is 0.870 e. The number of carbonyl (C=O) groups excluding carboxylic acids is 3. The van der Waals surface area contributed by atoms with Gasteiger partial charge in [0.25, 0.3) is 0 Å². The number of para-hydroxylation sites is 2. The summed E-state index contributed by atoms with van der Waals surface area (Å²) in [6, 6.07) is 18.9. The van der Waals surface area contributed by atoms with Crippen LogP contribution in [-0.2, 0) is 23.9 Å². The van der Waals surface area contributed by atoms with Crippen molar-refractivity contribution < 1.29 is 38.8 Å².